The largest absolute Gasteiger partial charge is 0.460 e. The molecule has 0 bridgehead atoms. The number of nitrogens with one attached hydrogen (secondary N) is 1. The van der Waals surface area contributed by atoms with Gasteiger partial charge in [0.05, 0.1) is 18.0 Å². The molecule has 5 N–H and O–H groups in total. The predicted octanol–water partition coefficient (Wildman–Crippen LogP) is 1.06. The van der Waals surface area contributed by atoms with E-state index in [-0.39, 0.29) is 69.3 Å². The first-order valence-electron chi connectivity index (χ1n) is 14.5. The van der Waals surface area contributed by atoms with Gasteiger partial charge in [-0.05, 0) is 49.8 Å². The van der Waals surface area contributed by atoms with Crippen LogP contribution in [0.25, 0.3) is 0 Å². The first-order chi connectivity index (χ1) is 21.5. The standard InChI is InChI=1S/C30H38N6O9.ClH/c1-34(18-27(38)35-16-6-11-25(35)30(41)45-22-14-12-21(13-15-22)36(42)43)28(39)24(33-26(37)17-31)10-5-9-23(32)29(40)44-19-20-7-3-2-4-8-20;/h2-4,7-8,12-15,23-25H,5-6,9-11,16-19,31-32H2,1H3,(H,33,37);1H/t23?,24-,25-;/m0./s1. The van der Waals surface area contributed by atoms with Crippen LogP contribution in [-0.2, 0) is 35.3 Å². The number of non-ortho nitro benzene ring substituents is 1. The molecule has 1 unspecified atom stereocenters. The van der Waals surface area contributed by atoms with Gasteiger partial charge in [-0.3, -0.25) is 29.3 Å². The molecule has 46 heavy (non-hydrogen) atoms. The minimum absolute atomic E-state index is 0. The van der Waals surface area contributed by atoms with E-state index in [0.29, 0.717) is 12.8 Å². The highest BCUT2D eigenvalue weighted by molar-refractivity contribution is 5.92. The Labute approximate surface area is 272 Å². The summed E-state index contributed by atoms with van der Waals surface area (Å²) < 4.78 is 10.6. The highest BCUT2D eigenvalue weighted by atomic mass is 35.5. The molecule has 1 saturated heterocycles. The third-order valence-electron chi connectivity index (χ3n) is 7.21. The Balaban J connectivity index is 0.00000736. The molecular formula is C30H39ClN6O9. The third kappa shape index (κ3) is 11.1. The summed E-state index contributed by atoms with van der Waals surface area (Å²) in [5.74, 6) is -2.83. The number of halogens is 1. The predicted molar refractivity (Wildman–Crippen MR) is 167 cm³/mol. The Morgan fingerprint density at radius 1 is 1.09 bits per heavy atom. The number of benzene rings is 2. The first kappa shape index (κ1) is 37.6. The molecule has 1 aliphatic heterocycles. The van der Waals surface area contributed by atoms with Gasteiger partial charge in [-0.25, -0.2) is 4.79 Å². The van der Waals surface area contributed by atoms with E-state index >= 15 is 0 Å². The van der Waals surface area contributed by atoms with Gasteiger partial charge < -0.3 is 36.1 Å². The van der Waals surface area contributed by atoms with Gasteiger partial charge in [0.2, 0.25) is 17.7 Å². The monoisotopic (exact) mass is 662 g/mol. The molecule has 1 heterocycles. The fourth-order valence-corrected chi connectivity index (χ4v) is 4.77. The van der Waals surface area contributed by atoms with E-state index in [2.05, 4.69) is 5.32 Å². The van der Waals surface area contributed by atoms with Crippen LogP contribution < -0.4 is 21.5 Å². The van der Waals surface area contributed by atoms with E-state index in [9.17, 15) is 34.1 Å². The van der Waals surface area contributed by atoms with Crippen LogP contribution in [0.3, 0.4) is 0 Å². The van der Waals surface area contributed by atoms with Crippen molar-refractivity contribution in [3.8, 4) is 5.75 Å². The molecule has 250 valence electrons. The Morgan fingerprint density at radius 3 is 2.39 bits per heavy atom. The molecule has 2 aromatic carbocycles. The topological polar surface area (TPSA) is 218 Å². The Kier molecular flexibility index (Phi) is 15.0. The first-order valence-corrected chi connectivity index (χ1v) is 14.5. The second-order valence-electron chi connectivity index (χ2n) is 10.6. The number of esters is 2. The minimum Gasteiger partial charge on any atom is -0.460 e. The molecule has 1 fully saturated rings. The Morgan fingerprint density at radius 2 is 1.76 bits per heavy atom. The number of likely N-dealkylation sites (N-methyl/N-ethyl adjacent to an activating group) is 1. The zero-order valence-electron chi connectivity index (χ0n) is 25.4. The van der Waals surface area contributed by atoms with E-state index in [4.69, 9.17) is 20.9 Å². The molecular weight excluding hydrogens is 624 g/mol. The van der Waals surface area contributed by atoms with Gasteiger partial charge in [0.1, 0.15) is 30.5 Å². The van der Waals surface area contributed by atoms with E-state index in [1.165, 1.54) is 36.2 Å². The lowest BCUT2D eigenvalue weighted by Gasteiger charge is -2.28. The molecule has 3 atom stereocenters. The van der Waals surface area contributed by atoms with Crippen LogP contribution in [-0.4, -0.2) is 89.2 Å². The lowest BCUT2D eigenvalue weighted by Crippen LogP contribution is -2.52. The van der Waals surface area contributed by atoms with Crippen LogP contribution >= 0.6 is 12.4 Å². The van der Waals surface area contributed by atoms with Crippen molar-refractivity contribution in [2.45, 2.75) is 56.8 Å². The molecule has 16 heteroatoms. The fourth-order valence-electron chi connectivity index (χ4n) is 4.77. The number of likely N-dealkylation sites (tertiary alicyclic amines) is 1. The van der Waals surface area contributed by atoms with Crippen molar-refractivity contribution in [1.82, 2.24) is 15.1 Å². The molecule has 3 amide bonds. The summed E-state index contributed by atoms with van der Waals surface area (Å²) in [5.41, 5.74) is 12.1. The summed E-state index contributed by atoms with van der Waals surface area (Å²) in [5, 5.41) is 13.4. The number of ether oxygens (including phenoxy) is 2. The van der Waals surface area contributed by atoms with E-state index in [1.807, 2.05) is 30.3 Å². The number of carbonyl (C=O) groups is 5. The van der Waals surface area contributed by atoms with Crippen LogP contribution in [0.2, 0.25) is 0 Å². The molecule has 2 aromatic rings. The quantitative estimate of drug-likeness (QED) is 0.106. The van der Waals surface area contributed by atoms with Crippen molar-refractivity contribution in [1.29, 1.82) is 0 Å². The molecule has 0 aromatic heterocycles. The lowest BCUT2D eigenvalue weighted by molar-refractivity contribution is -0.384. The van der Waals surface area contributed by atoms with Crippen LogP contribution in [0.5, 0.6) is 5.75 Å². The molecule has 3 rings (SSSR count). The number of carbonyl (C=O) groups excluding carboxylic acids is 5. The summed E-state index contributed by atoms with van der Waals surface area (Å²) in [6.45, 7) is -0.385. The second-order valence-corrected chi connectivity index (χ2v) is 10.6. The maximum absolute atomic E-state index is 13.3. The van der Waals surface area contributed by atoms with Crippen LogP contribution in [0.1, 0.15) is 37.7 Å². The number of hydrogen-bond acceptors (Lipinski definition) is 11. The Hall–Kier alpha value is -4.60. The van der Waals surface area contributed by atoms with Crippen molar-refractivity contribution >= 4 is 47.8 Å². The third-order valence-corrected chi connectivity index (χ3v) is 7.21. The van der Waals surface area contributed by atoms with Gasteiger partial charge in [-0.15, -0.1) is 12.4 Å². The van der Waals surface area contributed by atoms with Crippen molar-refractivity contribution in [2.75, 3.05) is 26.7 Å². The average Bonchev–Trinajstić information content (AvgIpc) is 3.54. The van der Waals surface area contributed by atoms with E-state index in [0.717, 1.165) is 10.5 Å². The second kappa shape index (κ2) is 18.4. The van der Waals surface area contributed by atoms with Crippen molar-refractivity contribution in [3.63, 3.8) is 0 Å². The van der Waals surface area contributed by atoms with Gasteiger partial charge in [0.25, 0.3) is 5.69 Å². The van der Waals surface area contributed by atoms with Crippen LogP contribution in [0.4, 0.5) is 5.69 Å². The summed E-state index contributed by atoms with van der Waals surface area (Å²) in [6, 6.07) is 11.2. The molecule has 0 radical (unpaired) electrons. The number of rotatable bonds is 15. The average molecular weight is 663 g/mol. The number of nitro groups is 1. The molecule has 0 aliphatic carbocycles. The number of nitro benzene ring substituents is 1. The van der Waals surface area contributed by atoms with Crippen molar-refractivity contribution in [3.05, 3.63) is 70.3 Å². The lowest BCUT2D eigenvalue weighted by atomic mass is 10.0. The van der Waals surface area contributed by atoms with Crippen molar-refractivity contribution in [2.24, 2.45) is 11.5 Å². The fraction of sp³-hybridized carbons (Fsp3) is 0.433. The maximum Gasteiger partial charge on any atom is 0.334 e. The van der Waals surface area contributed by atoms with Gasteiger partial charge in [0, 0.05) is 25.7 Å². The summed E-state index contributed by atoms with van der Waals surface area (Å²) in [6.07, 6.45) is 1.47. The molecule has 1 aliphatic rings. The van der Waals surface area contributed by atoms with Gasteiger partial charge >= 0.3 is 11.9 Å². The SMILES string of the molecule is CN(CC(=O)N1CCC[C@H]1C(=O)Oc1ccc([N+](=O)[O-])cc1)C(=O)[C@H](CCCC(N)C(=O)OCc1ccccc1)NC(=O)CN.Cl. The summed E-state index contributed by atoms with van der Waals surface area (Å²) in [7, 11) is 1.40. The zero-order valence-corrected chi connectivity index (χ0v) is 26.2. The van der Waals surface area contributed by atoms with Crippen LogP contribution in [0.15, 0.2) is 54.6 Å². The van der Waals surface area contributed by atoms with Gasteiger partial charge in [0.15, 0.2) is 0 Å². The van der Waals surface area contributed by atoms with E-state index in [1.54, 1.807) is 0 Å². The van der Waals surface area contributed by atoms with Crippen LogP contribution in [0, 0.1) is 10.1 Å². The number of nitrogens with zero attached hydrogens (tertiary/aromatic N) is 3. The molecule has 0 saturated carbocycles. The van der Waals surface area contributed by atoms with Crippen molar-refractivity contribution < 1.29 is 38.4 Å². The number of nitrogens with two attached hydrogens (primary N) is 2. The minimum atomic E-state index is -1.03. The normalized spacial score (nSPS) is 15.1. The number of amides is 3. The van der Waals surface area contributed by atoms with Gasteiger partial charge in [-0.2, -0.15) is 0 Å². The molecule has 15 nitrogen and oxygen atoms in total. The van der Waals surface area contributed by atoms with E-state index < -0.39 is 52.7 Å². The summed E-state index contributed by atoms with van der Waals surface area (Å²) >= 11 is 0. The smallest absolute Gasteiger partial charge is 0.334 e. The zero-order chi connectivity index (χ0) is 32.9. The van der Waals surface area contributed by atoms with Gasteiger partial charge in [-0.1, -0.05) is 30.3 Å². The maximum atomic E-state index is 13.3. The Bertz CT molecular complexity index is 1360. The summed E-state index contributed by atoms with van der Waals surface area (Å²) in [4.78, 5) is 76.4. The number of hydrogen-bond donors (Lipinski definition) is 3. The highest BCUT2D eigenvalue weighted by Crippen LogP contribution is 2.22. The highest BCUT2D eigenvalue weighted by Gasteiger charge is 2.37. The molecule has 0 spiro atoms.